The normalized spacial score (nSPS) is 11.9. The van der Waals surface area contributed by atoms with E-state index in [2.05, 4.69) is 10.0 Å². The standard InChI is InChI=1S/C22H20N2O6S2/c1-14(25)16-5-9-18(10-6-16)23-21(26)15(2)30-22(27)17-7-11-19(12-8-17)24-32(28,29)20-4-3-13-31-20/h3-13,15,24H,1-2H3,(H,23,26)/t15-/m0/s1. The second-order valence-electron chi connectivity index (χ2n) is 6.79. The van der Waals surface area contributed by atoms with E-state index >= 15 is 0 Å². The summed E-state index contributed by atoms with van der Waals surface area (Å²) in [5.74, 6) is -1.35. The molecule has 1 amide bonds. The number of hydrogen-bond acceptors (Lipinski definition) is 7. The fraction of sp³-hybridized carbons (Fsp3) is 0.136. The number of sulfonamides is 1. The molecule has 3 rings (SSSR count). The average molecular weight is 473 g/mol. The lowest BCUT2D eigenvalue weighted by atomic mass is 10.1. The number of rotatable bonds is 8. The molecule has 0 saturated carbocycles. The zero-order valence-electron chi connectivity index (χ0n) is 17.2. The molecular formula is C22H20N2O6S2. The number of hydrogen-bond donors (Lipinski definition) is 2. The van der Waals surface area contributed by atoms with E-state index in [1.165, 1.54) is 44.2 Å². The zero-order valence-corrected chi connectivity index (χ0v) is 18.8. The Balaban J connectivity index is 1.57. The molecule has 3 aromatic rings. The Kier molecular flexibility index (Phi) is 7.06. The van der Waals surface area contributed by atoms with Gasteiger partial charge in [0.25, 0.3) is 15.9 Å². The van der Waals surface area contributed by atoms with Crippen LogP contribution in [0.4, 0.5) is 11.4 Å². The van der Waals surface area contributed by atoms with Gasteiger partial charge in [-0.1, -0.05) is 6.07 Å². The monoisotopic (exact) mass is 472 g/mol. The first-order valence-corrected chi connectivity index (χ1v) is 11.8. The van der Waals surface area contributed by atoms with Gasteiger partial charge < -0.3 is 10.1 Å². The van der Waals surface area contributed by atoms with Crippen molar-refractivity contribution in [3.63, 3.8) is 0 Å². The number of benzene rings is 2. The average Bonchev–Trinajstić information content (AvgIpc) is 3.30. The molecule has 0 aliphatic rings. The van der Waals surface area contributed by atoms with Crippen LogP contribution in [0.1, 0.15) is 34.6 Å². The Morgan fingerprint density at radius 1 is 0.906 bits per heavy atom. The maximum absolute atomic E-state index is 12.3. The molecule has 1 atom stereocenters. The molecule has 0 saturated heterocycles. The first kappa shape index (κ1) is 23.2. The maximum Gasteiger partial charge on any atom is 0.338 e. The first-order chi connectivity index (χ1) is 15.2. The van der Waals surface area contributed by atoms with Crippen LogP contribution >= 0.6 is 11.3 Å². The molecule has 10 heteroatoms. The second-order valence-corrected chi connectivity index (χ2v) is 9.64. The summed E-state index contributed by atoms with van der Waals surface area (Å²) in [5, 5.41) is 4.27. The Bertz CT molecular complexity index is 1220. The van der Waals surface area contributed by atoms with Gasteiger partial charge in [-0.2, -0.15) is 0 Å². The van der Waals surface area contributed by atoms with Crippen molar-refractivity contribution >= 4 is 50.4 Å². The fourth-order valence-corrected chi connectivity index (χ4v) is 4.66. The van der Waals surface area contributed by atoms with Crippen LogP contribution in [-0.2, 0) is 19.6 Å². The zero-order chi connectivity index (χ0) is 23.3. The lowest BCUT2D eigenvalue weighted by Crippen LogP contribution is -2.30. The Labute approximate surface area is 189 Å². The van der Waals surface area contributed by atoms with Gasteiger partial charge in [-0.15, -0.1) is 11.3 Å². The maximum atomic E-state index is 12.3. The number of amides is 1. The molecule has 8 nitrogen and oxygen atoms in total. The molecule has 166 valence electrons. The Morgan fingerprint density at radius 2 is 1.50 bits per heavy atom. The van der Waals surface area contributed by atoms with E-state index in [1.54, 1.807) is 35.7 Å². The van der Waals surface area contributed by atoms with Crippen molar-refractivity contribution in [1.82, 2.24) is 0 Å². The number of anilines is 2. The number of nitrogens with one attached hydrogen (secondary N) is 2. The van der Waals surface area contributed by atoms with E-state index in [0.29, 0.717) is 11.3 Å². The minimum atomic E-state index is -3.69. The van der Waals surface area contributed by atoms with Crippen molar-refractivity contribution in [2.24, 2.45) is 0 Å². The number of Topliss-reactive ketones (excluding diaryl/α,β-unsaturated/α-hetero) is 1. The summed E-state index contributed by atoms with van der Waals surface area (Å²) < 4.78 is 32.3. The summed E-state index contributed by atoms with van der Waals surface area (Å²) in [4.78, 5) is 35.9. The SMILES string of the molecule is CC(=O)c1ccc(NC(=O)[C@H](C)OC(=O)c2ccc(NS(=O)(=O)c3cccs3)cc2)cc1. The predicted molar refractivity (Wildman–Crippen MR) is 122 cm³/mol. The lowest BCUT2D eigenvalue weighted by Gasteiger charge is -2.14. The van der Waals surface area contributed by atoms with Crippen molar-refractivity contribution < 1.29 is 27.5 Å². The molecular weight excluding hydrogens is 452 g/mol. The second kappa shape index (κ2) is 9.75. The van der Waals surface area contributed by atoms with Gasteiger partial charge in [0, 0.05) is 16.9 Å². The van der Waals surface area contributed by atoms with Crippen LogP contribution in [0.25, 0.3) is 0 Å². The van der Waals surface area contributed by atoms with Gasteiger partial charge in [-0.3, -0.25) is 14.3 Å². The highest BCUT2D eigenvalue weighted by molar-refractivity contribution is 7.94. The summed E-state index contributed by atoms with van der Waals surface area (Å²) in [5.41, 5.74) is 1.43. The van der Waals surface area contributed by atoms with Crippen LogP contribution in [0, 0.1) is 0 Å². The Morgan fingerprint density at radius 3 is 2.06 bits per heavy atom. The molecule has 0 spiro atoms. The van der Waals surface area contributed by atoms with Gasteiger partial charge in [-0.25, -0.2) is 13.2 Å². The van der Waals surface area contributed by atoms with E-state index in [9.17, 15) is 22.8 Å². The third-order valence-corrected chi connectivity index (χ3v) is 7.12. The molecule has 32 heavy (non-hydrogen) atoms. The fourth-order valence-electron chi connectivity index (χ4n) is 2.61. The van der Waals surface area contributed by atoms with Crippen molar-refractivity contribution in [1.29, 1.82) is 0 Å². The van der Waals surface area contributed by atoms with Crippen molar-refractivity contribution in [3.8, 4) is 0 Å². The van der Waals surface area contributed by atoms with Gasteiger partial charge in [0.2, 0.25) is 0 Å². The molecule has 2 N–H and O–H groups in total. The lowest BCUT2D eigenvalue weighted by molar-refractivity contribution is -0.123. The topological polar surface area (TPSA) is 119 Å². The molecule has 0 aliphatic heterocycles. The van der Waals surface area contributed by atoms with Crippen LogP contribution < -0.4 is 10.0 Å². The van der Waals surface area contributed by atoms with E-state index in [1.807, 2.05) is 0 Å². The minimum Gasteiger partial charge on any atom is -0.449 e. The van der Waals surface area contributed by atoms with E-state index in [-0.39, 0.29) is 21.2 Å². The summed E-state index contributed by atoms with van der Waals surface area (Å²) in [7, 11) is -3.69. The molecule has 0 aliphatic carbocycles. The van der Waals surface area contributed by atoms with Crippen LogP contribution in [0.15, 0.2) is 70.3 Å². The van der Waals surface area contributed by atoms with Crippen LogP contribution in [0.3, 0.4) is 0 Å². The number of carbonyl (C=O) groups excluding carboxylic acids is 3. The smallest absolute Gasteiger partial charge is 0.338 e. The number of ketones is 1. The summed E-state index contributed by atoms with van der Waals surface area (Å²) in [6.45, 7) is 2.88. The van der Waals surface area contributed by atoms with E-state index < -0.39 is 28.0 Å². The molecule has 2 aromatic carbocycles. The predicted octanol–water partition coefficient (Wildman–Crippen LogP) is 3.94. The molecule has 1 aromatic heterocycles. The van der Waals surface area contributed by atoms with Gasteiger partial charge in [-0.05, 0) is 73.8 Å². The van der Waals surface area contributed by atoms with Crippen molar-refractivity contribution in [2.45, 2.75) is 24.2 Å². The van der Waals surface area contributed by atoms with Gasteiger partial charge in [0.15, 0.2) is 11.9 Å². The minimum absolute atomic E-state index is 0.0875. The van der Waals surface area contributed by atoms with Gasteiger partial charge in [0.05, 0.1) is 5.56 Å². The number of esters is 1. The highest BCUT2D eigenvalue weighted by atomic mass is 32.2. The molecule has 1 heterocycles. The summed E-state index contributed by atoms with van der Waals surface area (Å²) in [6, 6.07) is 15.1. The third kappa shape index (κ3) is 5.80. The van der Waals surface area contributed by atoms with E-state index in [4.69, 9.17) is 4.74 Å². The largest absolute Gasteiger partial charge is 0.449 e. The van der Waals surface area contributed by atoms with Crippen LogP contribution in [-0.4, -0.2) is 32.2 Å². The number of thiophene rings is 1. The highest BCUT2D eigenvalue weighted by Crippen LogP contribution is 2.21. The van der Waals surface area contributed by atoms with Crippen LogP contribution in [0.2, 0.25) is 0 Å². The quantitative estimate of drug-likeness (QED) is 0.379. The summed E-state index contributed by atoms with van der Waals surface area (Å²) in [6.07, 6.45) is -1.08. The molecule has 0 fully saturated rings. The first-order valence-electron chi connectivity index (χ1n) is 9.45. The number of carbonyl (C=O) groups is 3. The van der Waals surface area contributed by atoms with Crippen molar-refractivity contribution in [3.05, 3.63) is 77.2 Å². The summed E-state index contributed by atoms with van der Waals surface area (Å²) >= 11 is 1.09. The third-order valence-electron chi connectivity index (χ3n) is 4.34. The molecule has 0 radical (unpaired) electrons. The van der Waals surface area contributed by atoms with Crippen LogP contribution in [0.5, 0.6) is 0 Å². The van der Waals surface area contributed by atoms with E-state index in [0.717, 1.165) is 11.3 Å². The van der Waals surface area contributed by atoms with Gasteiger partial charge >= 0.3 is 5.97 Å². The van der Waals surface area contributed by atoms with Gasteiger partial charge in [0.1, 0.15) is 4.21 Å². The van der Waals surface area contributed by atoms with Crippen molar-refractivity contribution in [2.75, 3.05) is 10.0 Å². The molecule has 0 unspecified atom stereocenters. The molecule has 0 bridgehead atoms. The number of ether oxygens (including phenoxy) is 1. The highest BCUT2D eigenvalue weighted by Gasteiger charge is 2.20. The Hall–Kier alpha value is -3.50.